The maximum Gasteiger partial charge on any atom is 0.361 e. The number of allylic oxidation sites excluding steroid dienone is 18. The van der Waals surface area contributed by atoms with E-state index in [2.05, 4.69) is 123 Å². The van der Waals surface area contributed by atoms with Gasteiger partial charge in [0.2, 0.25) is 0 Å². The molecule has 0 aliphatic carbocycles. The Hall–Kier alpha value is -4.05. The van der Waals surface area contributed by atoms with Crippen LogP contribution in [0.3, 0.4) is 0 Å². The van der Waals surface area contributed by atoms with Gasteiger partial charge in [-0.05, 0) is 83.5 Å². The molecule has 2 unspecified atom stereocenters. The van der Waals surface area contributed by atoms with Crippen molar-refractivity contribution < 1.29 is 42.9 Å². The van der Waals surface area contributed by atoms with Crippen LogP contribution in [0.4, 0.5) is 0 Å². The Bertz CT molecular complexity index is 1920. The van der Waals surface area contributed by atoms with Gasteiger partial charge >= 0.3 is 17.9 Å². The van der Waals surface area contributed by atoms with E-state index in [1.807, 2.05) is 21.1 Å². The van der Waals surface area contributed by atoms with E-state index >= 15 is 0 Å². The molecule has 0 saturated carbocycles. The van der Waals surface area contributed by atoms with E-state index in [9.17, 15) is 19.5 Å². The molecule has 9 heteroatoms. The molecule has 0 heterocycles. The Morgan fingerprint density at radius 1 is 0.330 bits per heavy atom. The molecule has 0 rings (SSSR count). The molecule has 0 radical (unpaired) electrons. The van der Waals surface area contributed by atoms with Crippen LogP contribution in [0.15, 0.2) is 109 Å². The summed E-state index contributed by atoms with van der Waals surface area (Å²) in [6.45, 7) is 4.80. The predicted octanol–water partition coefficient (Wildman–Crippen LogP) is 25.3. The van der Waals surface area contributed by atoms with E-state index in [-0.39, 0.29) is 32.2 Å². The van der Waals surface area contributed by atoms with Gasteiger partial charge in [0.05, 0.1) is 34.4 Å². The number of carbonyl (C=O) groups is 3. The van der Waals surface area contributed by atoms with Crippen molar-refractivity contribution in [1.29, 1.82) is 0 Å². The van der Waals surface area contributed by atoms with Gasteiger partial charge in [-0.15, -0.1) is 0 Å². The highest BCUT2D eigenvalue weighted by atomic mass is 16.7. The third kappa shape index (κ3) is 75.3. The highest BCUT2D eigenvalue weighted by Crippen LogP contribution is 2.19. The van der Waals surface area contributed by atoms with Crippen molar-refractivity contribution in [1.82, 2.24) is 0 Å². The van der Waals surface area contributed by atoms with Gasteiger partial charge in [0, 0.05) is 12.8 Å². The highest BCUT2D eigenvalue weighted by Gasteiger charge is 2.25. The molecule has 542 valence electrons. The Morgan fingerprint density at radius 2 is 0.606 bits per heavy atom. The van der Waals surface area contributed by atoms with Crippen LogP contribution in [0.1, 0.15) is 354 Å². The second-order valence-corrected chi connectivity index (χ2v) is 27.7. The zero-order valence-corrected chi connectivity index (χ0v) is 62.1. The number of hydrogen-bond donors (Lipinski definition) is 1. The summed E-state index contributed by atoms with van der Waals surface area (Å²) in [5, 5.41) is 9.77. The summed E-state index contributed by atoms with van der Waals surface area (Å²) >= 11 is 0. The van der Waals surface area contributed by atoms with Gasteiger partial charge in [0.1, 0.15) is 13.2 Å². The summed E-state index contributed by atoms with van der Waals surface area (Å²) in [5.74, 6) is -2.00. The van der Waals surface area contributed by atoms with Gasteiger partial charge in [-0.3, -0.25) is 9.59 Å². The van der Waals surface area contributed by atoms with E-state index in [4.69, 9.17) is 18.9 Å². The van der Waals surface area contributed by atoms with Gasteiger partial charge in [-0.1, -0.05) is 367 Å². The van der Waals surface area contributed by atoms with Crippen LogP contribution >= 0.6 is 0 Å². The summed E-state index contributed by atoms with van der Waals surface area (Å²) in [6, 6.07) is 0. The maximum absolute atomic E-state index is 13.0. The molecule has 0 bridgehead atoms. The Labute approximate surface area is 581 Å². The first-order valence-electron chi connectivity index (χ1n) is 39.6. The van der Waals surface area contributed by atoms with Crippen molar-refractivity contribution in [2.24, 2.45) is 0 Å². The lowest BCUT2D eigenvalue weighted by Crippen LogP contribution is -2.40. The van der Waals surface area contributed by atoms with Crippen LogP contribution in [0, 0.1) is 0 Å². The molecule has 0 amide bonds. The van der Waals surface area contributed by atoms with Crippen molar-refractivity contribution in [3.63, 3.8) is 0 Å². The molecule has 0 fully saturated rings. The Balaban J connectivity index is 4.08. The summed E-state index contributed by atoms with van der Waals surface area (Å²) in [4.78, 5) is 37.7. The van der Waals surface area contributed by atoms with Gasteiger partial charge in [0.15, 0.2) is 6.10 Å². The lowest BCUT2D eigenvalue weighted by molar-refractivity contribution is -0.870. The minimum absolute atomic E-state index is 0.184. The van der Waals surface area contributed by atoms with Gasteiger partial charge in [-0.2, -0.15) is 0 Å². The van der Waals surface area contributed by atoms with Crippen LogP contribution in [0.5, 0.6) is 0 Å². The molecule has 9 nitrogen and oxygen atoms in total. The average molecular weight is 1310 g/mol. The smallest absolute Gasteiger partial charge is 0.361 e. The number of hydrogen-bond acceptors (Lipinski definition) is 7. The van der Waals surface area contributed by atoms with E-state index < -0.39 is 24.3 Å². The molecule has 2 atom stereocenters. The number of esters is 2. The fraction of sp³-hybridized carbons (Fsp3) is 0.753. The van der Waals surface area contributed by atoms with Gasteiger partial charge in [0.25, 0.3) is 6.29 Å². The molecule has 0 aromatic heterocycles. The molecule has 1 N–H and O–H groups in total. The minimum atomic E-state index is -1.52. The van der Waals surface area contributed by atoms with Crippen molar-refractivity contribution in [2.45, 2.75) is 367 Å². The normalized spacial score (nSPS) is 13.2. The highest BCUT2D eigenvalue weighted by molar-refractivity contribution is 5.71. The van der Waals surface area contributed by atoms with Crippen LogP contribution < -0.4 is 0 Å². The van der Waals surface area contributed by atoms with Crippen molar-refractivity contribution >= 4 is 17.9 Å². The van der Waals surface area contributed by atoms with Crippen molar-refractivity contribution in [3.05, 3.63) is 109 Å². The van der Waals surface area contributed by atoms with Crippen molar-refractivity contribution in [3.8, 4) is 0 Å². The quantitative estimate of drug-likeness (QED) is 0.0211. The minimum Gasteiger partial charge on any atom is -0.477 e. The standard InChI is InChI=1S/C85H149NO8/c1-6-8-10-12-14-16-18-20-22-24-26-28-30-32-34-36-38-40-41-42-43-44-46-48-50-52-54-56-58-60-62-64-66-68-70-72-74-76-83(88)94-81(80-93-85(84(89)90)91-78-77-86(3,4)5)79-92-82(87)75-73-71-69-67-65-63-61-59-57-55-53-51-49-47-45-39-37-35-33-31-29-27-25-23-21-19-17-15-13-11-9-7-2/h8,10,14,16,20,22,26,28,32,34,38,40,42-43,46,48,52,54,81,85H,6-7,9,11-13,15,17-19,21,23-25,27,29-31,33,35-37,39,41,44-45,47,49-51,53,55-80H2,1-5H3/p+1/b10-8-,16-14-,22-20-,28-26-,34-32-,40-38-,43-42-,48-46-,54-52-. The lowest BCUT2D eigenvalue weighted by Gasteiger charge is -2.25. The maximum atomic E-state index is 13.0. The number of carboxylic acids is 1. The average Bonchev–Trinajstić information content (AvgIpc) is 3.75. The molecular formula is C85H150NO8+. The van der Waals surface area contributed by atoms with Crippen LogP contribution in [0.25, 0.3) is 0 Å². The lowest BCUT2D eigenvalue weighted by atomic mass is 10.0. The fourth-order valence-corrected chi connectivity index (χ4v) is 11.3. The molecule has 0 spiro atoms. The second-order valence-electron chi connectivity index (χ2n) is 27.7. The molecular weight excluding hydrogens is 1160 g/mol. The number of rotatable bonds is 73. The number of aliphatic carboxylic acids is 1. The number of ether oxygens (including phenoxy) is 4. The zero-order valence-electron chi connectivity index (χ0n) is 62.1. The van der Waals surface area contributed by atoms with E-state index in [1.54, 1.807) is 0 Å². The predicted molar refractivity (Wildman–Crippen MR) is 405 cm³/mol. The third-order valence-electron chi connectivity index (χ3n) is 17.3. The molecule has 0 aromatic carbocycles. The first kappa shape index (κ1) is 90.0. The van der Waals surface area contributed by atoms with Crippen LogP contribution in [-0.2, 0) is 33.3 Å². The number of unbranched alkanes of at least 4 members (excludes halogenated alkanes) is 40. The topological polar surface area (TPSA) is 108 Å². The van der Waals surface area contributed by atoms with Gasteiger partial charge < -0.3 is 28.5 Å². The first-order valence-corrected chi connectivity index (χ1v) is 39.6. The van der Waals surface area contributed by atoms with Crippen LogP contribution in [-0.4, -0.2) is 87.4 Å². The Morgan fingerprint density at radius 3 is 0.904 bits per heavy atom. The zero-order chi connectivity index (χ0) is 68.2. The summed E-state index contributed by atoms with van der Waals surface area (Å²) in [5.41, 5.74) is 0. The number of nitrogens with zero attached hydrogens (tertiary/aromatic N) is 1. The third-order valence-corrected chi connectivity index (χ3v) is 17.3. The van der Waals surface area contributed by atoms with Crippen molar-refractivity contribution in [2.75, 3.05) is 47.5 Å². The number of carboxylic acid groups (broad SMARTS) is 1. The Kier molecular flexibility index (Phi) is 71.5. The second kappa shape index (κ2) is 74.7. The van der Waals surface area contributed by atoms with E-state index in [0.717, 1.165) is 103 Å². The number of carbonyl (C=O) groups excluding carboxylic acids is 2. The summed E-state index contributed by atoms with van der Waals surface area (Å²) in [6.07, 6.45) is 102. The number of quaternary nitrogens is 1. The van der Waals surface area contributed by atoms with E-state index in [0.29, 0.717) is 23.9 Å². The number of likely N-dealkylation sites (N-methyl/N-ethyl adjacent to an activating group) is 1. The first-order chi connectivity index (χ1) is 46.1. The largest absolute Gasteiger partial charge is 0.477 e. The molecule has 0 aliphatic rings. The SMILES string of the molecule is CC/C=C\C/C=C\C/C=C\C/C=C\C/C=C\C/C=C\C/C=C\C/C=C\C/C=C\CCCCCCCCCCCC(=O)OC(COC(=O)CCCCCCCCCCCCCCCCCCCCCCCCCCCCCCCCCC)COC(OCC[N+](C)(C)C)C(=O)O. The van der Waals surface area contributed by atoms with E-state index in [1.165, 1.54) is 218 Å². The fourth-order valence-electron chi connectivity index (χ4n) is 11.3. The molecule has 94 heavy (non-hydrogen) atoms. The summed E-state index contributed by atoms with van der Waals surface area (Å²) < 4.78 is 23.0. The van der Waals surface area contributed by atoms with Gasteiger partial charge in [-0.25, -0.2) is 4.79 Å². The monoisotopic (exact) mass is 1310 g/mol. The molecule has 0 aliphatic heterocycles. The molecule has 0 saturated heterocycles. The summed E-state index contributed by atoms with van der Waals surface area (Å²) in [7, 11) is 5.98. The molecule has 0 aromatic rings. The van der Waals surface area contributed by atoms with Crippen LogP contribution in [0.2, 0.25) is 0 Å².